The first-order valence-electron chi connectivity index (χ1n) is 12.2. The molecule has 0 radical (unpaired) electrons. The monoisotopic (exact) mass is 498 g/mol. The summed E-state index contributed by atoms with van der Waals surface area (Å²) >= 11 is 0. The number of fused-ring (bicyclic) bond motifs is 2. The van der Waals surface area contributed by atoms with Crippen LogP contribution in [0, 0.1) is 6.92 Å². The Morgan fingerprint density at radius 2 is 1.59 bits per heavy atom. The van der Waals surface area contributed by atoms with Gasteiger partial charge in [0, 0.05) is 29.3 Å². The van der Waals surface area contributed by atoms with E-state index >= 15 is 0 Å². The minimum Gasteiger partial charge on any atom is -0.457 e. The van der Waals surface area contributed by atoms with Gasteiger partial charge in [0.1, 0.15) is 23.8 Å². The summed E-state index contributed by atoms with van der Waals surface area (Å²) in [5.41, 5.74) is 0.946. The molecule has 1 saturated heterocycles. The van der Waals surface area contributed by atoms with Gasteiger partial charge in [0.25, 0.3) is 5.56 Å². The Labute approximate surface area is 212 Å². The molecule has 1 fully saturated rings. The SMILES string of the molecule is Cc1cn([C@@H]2C[C@H](O)[C@@H](COC3(c4ccccc4)c4ccccc4Oc4ccccc43)O2)c(=O)[nH]c1=O. The van der Waals surface area contributed by atoms with Gasteiger partial charge in [-0.3, -0.25) is 14.3 Å². The zero-order valence-electron chi connectivity index (χ0n) is 20.2. The van der Waals surface area contributed by atoms with Crippen molar-refractivity contribution in [1.82, 2.24) is 9.55 Å². The van der Waals surface area contributed by atoms with Crippen LogP contribution in [-0.2, 0) is 15.1 Å². The van der Waals surface area contributed by atoms with Gasteiger partial charge in [0.2, 0.25) is 0 Å². The van der Waals surface area contributed by atoms with Crippen molar-refractivity contribution in [3.63, 3.8) is 0 Å². The molecule has 0 unspecified atom stereocenters. The summed E-state index contributed by atoms with van der Waals surface area (Å²) in [4.78, 5) is 26.5. The molecular weight excluding hydrogens is 472 g/mol. The molecule has 0 saturated carbocycles. The second-order valence-corrected chi connectivity index (χ2v) is 9.36. The van der Waals surface area contributed by atoms with Gasteiger partial charge < -0.3 is 19.3 Å². The van der Waals surface area contributed by atoms with Crippen molar-refractivity contribution in [3.05, 3.63) is 128 Å². The highest BCUT2D eigenvalue weighted by Crippen LogP contribution is 2.52. The Kier molecular flexibility index (Phi) is 5.79. The molecule has 0 bridgehead atoms. The van der Waals surface area contributed by atoms with Crippen LogP contribution in [0.25, 0.3) is 0 Å². The number of aromatic amines is 1. The highest BCUT2D eigenvalue weighted by Gasteiger charge is 2.46. The number of nitrogens with zero attached hydrogens (tertiary/aromatic N) is 1. The third-order valence-corrected chi connectivity index (χ3v) is 7.06. The standard InChI is InChI=1S/C29H26N2O6/c1-18-16-31(28(34)30-27(18)33)26-15-22(32)25(37-26)17-35-29(19-9-3-2-4-10-19)20-11-5-7-13-23(20)36-24-14-8-6-12-21(24)29/h2-14,16,22,25-26,32H,15,17H2,1H3,(H,30,33,34)/t22-,25+,26-/m0/s1. The summed E-state index contributed by atoms with van der Waals surface area (Å²) in [6, 6.07) is 25.4. The van der Waals surface area contributed by atoms with Crippen molar-refractivity contribution < 1.29 is 19.3 Å². The van der Waals surface area contributed by atoms with Crippen LogP contribution in [-0.4, -0.2) is 33.5 Å². The predicted octanol–water partition coefficient (Wildman–Crippen LogP) is 3.61. The first kappa shape index (κ1) is 23.4. The molecule has 3 aromatic carbocycles. The lowest BCUT2D eigenvalue weighted by molar-refractivity contribution is -0.0961. The molecule has 1 aromatic heterocycles. The van der Waals surface area contributed by atoms with Crippen molar-refractivity contribution in [2.24, 2.45) is 0 Å². The van der Waals surface area contributed by atoms with E-state index in [-0.39, 0.29) is 13.0 Å². The molecule has 0 aliphatic carbocycles. The minimum atomic E-state index is -1.01. The third-order valence-electron chi connectivity index (χ3n) is 7.06. The lowest BCUT2D eigenvalue weighted by Gasteiger charge is -2.41. The van der Waals surface area contributed by atoms with E-state index in [9.17, 15) is 14.7 Å². The number of ether oxygens (including phenoxy) is 3. The zero-order valence-corrected chi connectivity index (χ0v) is 20.2. The maximum Gasteiger partial charge on any atom is 0.330 e. The Morgan fingerprint density at radius 1 is 0.973 bits per heavy atom. The molecule has 37 heavy (non-hydrogen) atoms. The molecule has 3 heterocycles. The summed E-state index contributed by atoms with van der Waals surface area (Å²) < 4.78 is 20.5. The van der Waals surface area contributed by atoms with E-state index in [0.717, 1.165) is 16.7 Å². The smallest absolute Gasteiger partial charge is 0.330 e. The molecular formula is C29H26N2O6. The molecule has 8 heteroatoms. The molecule has 2 aliphatic heterocycles. The van der Waals surface area contributed by atoms with Gasteiger partial charge in [-0.1, -0.05) is 66.7 Å². The second kappa shape index (κ2) is 9.15. The number of aliphatic hydroxyl groups excluding tert-OH is 1. The average Bonchev–Trinajstić information content (AvgIpc) is 3.29. The highest BCUT2D eigenvalue weighted by atomic mass is 16.6. The molecule has 2 aliphatic rings. The van der Waals surface area contributed by atoms with Crippen molar-refractivity contribution >= 4 is 0 Å². The lowest BCUT2D eigenvalue weighted by atomic mass is 9.77. The van der Waals surface area contributed by atoms with Crippen molar-refractivity contribution in [2.45, 2.75) is 37.4 Å². The quantitative estimate of drug-likeness (QED) is 0.436. The highest BCUT2D eigenvalue weighted by molar-refractivity contribution is 5.61. The lowest BCUT2D eigenvalue weighted by Crippen LogP contribution is -2.39. The summed E-state index contributed by atoms with van der Waals surface area (Å²) in [6.45, 7) is 1.66. The largest absolute Gasteiger partial charge is 0.457 e. The van der Waals surface area contributed by atoms with Crippen molar-refractivity contribution in [3.8, 4) is 11.5 Å². The van der Waals surface area contributed by atoms with Gasteiger partial charge >= 0.3 is 5.69 Å². The van der Waals surface area contributed by atoms with Crippen LogP contribution in [0.1, 0.15) is 34.9 Å². The normalized spacial score (nSPS) is 21.6. The Morgan fingerprint density at radius 3 is 2.27 bits per heavy atom. The number of aliphatic hydroxyl groups is 1. The van der Waals surface area contributed by atoms with Crippen LogP contribution in [0.3, 0.4) is 0 Å². The van der Waals surface area contributed by atoms with Crippen LogP contribution in [0.15, 0.2) is 94.6 Å². The Balaban J connectivity index is 1.38. The number of nitrogens with one attached hydrogen (secondary N) is 1. The van der Waals surface area contributed by atoms with E-state index in [2.05, 4.69) is 4.98 Å². The van der Waals surface area contributed by atoms with Crippen molar-refractivity contribution in [2.75, 3.05) is 6.61 Å². The first-order chi connectivity index (χ1) is 18.0. The molecule has 6 rings (SSSR count). The number of hydrogen-bond acceptors (Lipinski definition) is 6. The molecule has 0 spiro atoms. The van der Waals surface area contributed by atoms with Crippen LogP contribution in [0.2, 0.25) is 0 Å². The average molecular weight is 499 g/mol. The van der Waals surface area contributed by atoms with Crippen LogP contribution in [0.4, 0.5) is 0 Å². The van der Waals surface area contributed by atoms with E-state index in [4.69, 9.17) is 14.2 Å². The van der Waals surface area contributed by atoms with Crippen LogP contribution >= 0.6 is 0 Å². The van der Waals surface area contributed by atoms with Gasteiger partial charge in [-0.15, -0.1) is 0 Å². The third kappa shape index (κ3) is 3.90. The number of H-pyrrole nitrogens is 1. The summed E-state index contributed by atoms with van der Waals surface area (Å²) in [6.07, 6.45) is -0.658. The fraction of sp³-hybridized carbons (Fsp3) is 0.241. The Bertz CT molecular complexity index is 1520. The fourth-order valence-electron chi connectivity index (χ4n) is 5.22. The number of hydrogen-bond donors (Lipinski definition) is 2. The number of rotatable bonds is 5. The zero-order chi connectivity index (χ0) is 25.6. The number of aromatic nitrogens is 2. The number of para-hydroxylation sites is 2. The van der Waals surface area contributed by atoms with E-state index < -0.39 is 35.3 Å². The fourth-order valence-corrected chi connectivity index (χ4v) is 5.22. The van der Waals surface area contributed by atoms with E-state index in [0.29, 0.717) is 17.1 Å². The Hall–Kier alpha value is -3.98. The topological polar surface area (TPSA) is 103 Å². The van der Waals surface area contributed by atoms with Gasteiger partial charge in [0.15, 0.2) is 5.60 Å². The second-order valence-electron chi connectivity index (χ2n) is 9.36. The molecule has 2 N–H and O–H groups in total. The van der Waals surface area contributed by atoms with Crippen LogP contribution in [0.5, 0.6) is 11.5 Å². The van der Waals surface area contributed by atoms with Gasteiger partial charge in [-0.2, -0.15) is 0 Å². The molecule has 8 nitrogen and oxygen atoms in total. The summed E-state index contributed by atoms with van der Waals surface area (Å²) in [5, 5.41) is 10.9. The number of aryl methyl sites for hydroxylation is 1. The molecule has 188 valence electrons. The predicted molar refractivity (Wildman–Crippen MR) is 136 cm³/mol. The van der Waals surface area contributed by atoms with E-state index in [1.165, 1.54) is 10.8 Å². The first-order valence-corrected chi connectivity index (χ1v) is 12.2. The molecule has 0 amide bonds. The van der Waals surface area contributed by atoms with Gasteiger partial charge in [-0.25, -0.2) is 4.79 Å². The summed E-state index contributed by atoms with van der Waals surface area (Å²) in [5.74, 6) is 1.37. The van der Waals surface area contributed by atoms with Crippen molar-refractivity contribution in [1.29, 1.82) is 0 Å². The minimum absolute atomic E-state index is 0.0479. The number of benzene rings is 3. The van der Waals surface area contributed by atoms with E-state index in [1.807, 2.05) is 78.9 Å². The molecule has 3 atom stereocenters. The molecule has 4 aromatic rings. The maximum atomic E-state index is 12.4. The van der Waals surface area contributed by atoms with E-state index in [1.54, 1.807) is 6.92 Å². The van der Waals surface area contributed by atoms with Gasteiger partial charge in [-0.05, 0) is 24.6 Å². The van der Waals surface area contributed by atoms with Gasteiger partial charge in [0.05, 0.1) is 12.7 Å². The van der Waals surface area contributed by atoms with Crippen LogP contribution < -0.4 is 16.0 Å². The summed E-state index contributed by atoms with van der Waals surface area (Å²) in [7, 11) is 0. The maximum absolute atomic E-state index is 12.4.